The smallest absolute Gasteiger partial charge is 0.204 e. The Morgan fingerprint density at radius 2 is 0.838 bits per heavy atom. The number of nitrogens with zero attached hydrogens (tertiary/aromatic N) is 6. The average molecular weight is 1220 g/mol. The van der Waals surface area contributed by atoms with Crippen molar-refractivity contribution in [2.24, 2.45) is 0 Å². The number of sulfone groups is 4. The monoisotopic (exact) mass is 1220 g/mol. The minimum atomic E-state index is -4.18. The van der Waals surface area contributed by atoms with Crippen LogP contribution in [0.4, 0.5) is 0 Å². The zero-order valence-electron chi connectivity index (χ0n) is 44.6. The summed E-state index contributed by atoms with van der Waals surface area (Å²) in [4.78, 5) is -0.515. The lowest BCUT2D eigenvalue weighted by Crippen LogP contribution is -2.28. The van der Waals surface area contributed by atoms with Crippen LogP contribution in [-0.4, -0.2) is 125 Å². The van der Waals surface area contributed by atoms with Crippen LogP contribution in [0.2, 0.25) is 10.0 Å². The van der Waals surface area contributed by atoms with Crippen LogP contribution in [0.5, 0.6) is 23.0 Å². The summed E-state index contributed by atoms with van der Waals surface area (Å²) in [7, 11) is -10.2. The maximum absolute atomic E-state index is 13.7. The van der Waals surface area contributed by atoms with Gasteiger partial charge < -0.3 is 38.0 Å². The van der Waals surface area contributed by atoms with Gasteiger partial charge >= 0.3 is 0 Å². The average Bonchev–Trinajstić information content (AvgIpc) is 4.25. The van der Waals surface area contributed by atoms with Gasteiger partial charge in [-0.2, -0.15) is 0 Å². The van der Waals surface area contributed by atoms with E-state index in [0.717, 1.165) is 12.5 Å². The van der Waals surface area contributed by atoms with Gasteiger partial charge in [-0.05, 0) is 100 Å². The molecule has 8 rings (SSSR count). The molecule has 4 aromatic heterocycles. The molecule has 80 heavy (non-hydrogen) atoms. The summed E-state index contributed by atoms with van der Waals surface area (Å²) < 4.78 is 141. The maximum Gasteiger partial charge on any atom is 0.204 e. The number of rotatable bonds is 20. The van der Waals surface area contributed by atoms with Crippen molar-refractivity contribution in [1.29, 1.82) is 0 Å². The first-order valence-corrected chi connectivity index (χ1v) is 31.8. The number of ether oxygens (including phenoxy) is 4. The summed E-state index contributed by atoms with van der Waals surface area (Å²) in [6, 6.07) is 24.7. The van der Waals surface area contributed by atoms with E-state index in [1.807, 2.05) is 0 Å². The van der Waals surface area contributed by atoms with E-state index in [0.29, 0.717) is 57.4 Å². The summed E-state index contributed by atoms with van der Waals surface area (Å²) in [6.45, 7) is 6.09. The third kappa shape index (κ3) is 12.9. The lowest BCUT2D eigenvalue weighted by atomic mass is 10.1. The fourth-order valence-electron chi connectivity index (χ4n) is 8.49. The quantitative estimate of drug-likeness (QED) is 0.0732. The second-order valence-electron chi connectivity index (χ2n) is 18.2. The molecule has 0 radical (unpaired) electrons. The zero-order valence-corrected chi connectivity index (χ0v) is 49.4. The predicted octanol–water partition coefficient (Wildman–Crippen LogP) is 7.89. The molecule has 0 fully saturated rings. The molecule has 0 spiro atoms. The van der Waals surface area contributed by atoms with E-state index in [1.54, 1.807) is 74.5 Å². The number of aromatic nitrogens is 6. The highest BCUT2D eigenvalue weighted by molar-refractivity contribution is 7.92. The van der Waals surface area contributed by atoms with E-state index < -0.39 is 73.6 Å². The Balaban J connectivity index is 0.000000231. The van der Waals surface area contributed by atoms with Gasteiger partial charge in [-0.25, -0.2) is 33.7 Å². The first kappa shape index (κ1) is 60.9. The second kappa shape index (κ2) is 24.1. The number of hydrogen-bond donors (Lipinski definition) is 2. The second-order valence-corrected chi connectivity index (χ2v) is 27.8. The molecule has 4 aromatic carbocycles. The third-order valence-electron chi connectivity index (χ3n) is 12.7. The van der Waals surface area contributed by atoms with Crippen LogP contribution in [0.25, 0.3) is 34.5 Å². The zero-order chi connectivity index (χ0) is 58.8. The van der Waals surface area contributed by atoms with Crippen LogP contribution >= 0.6 is 23.2 Å². The molecule has 0 saturated carbocycles. The van der Waals surface area contributed by atoms with Crippen molar-refractivity contribution in [2.75, 3.05) is 41.0 Å². The van der Waals surface area contributed by atoms with Crippen LogP contribution in [0.1, 0.15) is 60.4 Å². The fraction of sp³-hybridized carbons (Fsp3) is 0.308. The number of furan rings is 2. The first-order valence-electron chi connectivity index (χ1n) is 23.8. The standard InChI is InChI=1S/2C26H28ClN3O8S2/c2*1-15-9-12-21(38-15)26-29-28-23(30(26)24-19(36-3)7-6-8-20(24)37-4)14-40(34,35)16(2)25(31)18-11-10-17(27)13-22(18)39(5,32)33/h2*6-13,16,25,31H,14H2,1-5H3/t2*16-,25+/m10/s1. The molecule has 0 unspecified atom stereocenters. The molecule has 0 amide bonds. The Hall–Kier alpha value is -6.78. The van der Waals surface area contributed by atoms with Gasteiger partial charge in [0, 0.05) is 33.7 Å². The number of para-hydroxylation sites is 2. The van der Waals surface area contributed by atoms with Gasteiger partial charge in [0.15, 0.2) is 62.5 Å². The SMILES string of the molecule is COc1cccc(OC)c1-n1c(CS(=O)(=O)[C@@H](C)[C@@H](O)c2ccc(Cl)cc2S(C)(=O)=O)nnc1-c1ccc(C)o1.COc1cccc(OC)c1-n1c(CS(=O)(=O)[C@H](C)[C@H](O)c2ccc(Cl)cc2S(C)(=O)=O)nnc1-c1ccc(C)o1. The van der Waals surface area contributed by atoms with Gasteiger partial charge in [0.25, 0.3) is 0 Å². The van der Waals surface area contributed by atoms with Gasteiger partial charge in [0.05, 0.1) is 60.9 Å². The number of benzene rings is 4. The lowest BCUT2D eigenvalue weighted by molar-refractivity contribution is 0.172. The van der Waals surface area contributed by atoms with E-state index in [-0.39, 0.29) is 54.3 Å². The number of aliphatic hydroxyl groups is 2. The lowest BCUT2D eigenvalue weighted by Gasteiger charge is -2.22. The number of aliphatic hydroxyl groups excluding tert-OH is 2. The van der Waals surface area contributed by atoms with E-state index >= 15 is 0 Å². The number of methoxy groups -OCH3 is 4. The van der Waals surface area contributed by atoms with Gasteiger partial charge in [-0.1, -0.05) is 47.5 Å². The Kier molecular flexibility index (Phi) is 18.4. The number of halogens is 2. The highest BCUT2D eigenvalue weighted by atomic mass is 35.5. The highest BCUT2D eigenvalue weighted by Gasteiger charge is 2.37. The molecule has 4 heterocycles. The highest BCUT2D eigenvalue weighted by Crippen LogP contribution is 2.40. The molecule has 28 heteroatoms. The molecule has 4 atom stereocenters. The number of hydrogen-bond acceptors (Lipinski definition) is 20. The van der Waals surface area contributed by atoms with Crippen molar-refractivity contribution in [3.63, 3.8) is 0 Å². The molecule has 428 valence electrons. The van der Waals surface area contributed by atoms with Crippen molar-refractivity contribution in [2.45, 2.75) is 71.7 Å². The topological polar surface area (TPSA) is 302 Å². The molecule has 0 bridgehead atoms. The van der Waals surface area contributed by atoms with Gasteiger partial charge in [0.2, 0.25) is 11.6 Å². The van der Waals surface area contributed by atoms with E-state index in [9.17, 15) is 43.9 Å². The first-order chi connectivity index (χ1) is 37.6. The molecule has 0 saturated heterocycles. The van der Waals surface area contributed by atoms with Crippen molar-refractivity contribution in [1.82, 2.24) is 29.5 Å². The third-order valence-corrected chi connectivity index (χ3v) is 19.6. The van der Waals surface area contributed by atoms with Gasteiger partial charge in [0.1, 0.15) is 57.4 Å². The van der Waals surface area contributed by atoms with Crippen LogP contribution in [0.15, 0.2) is 116 Å². The van der Waals surface area contributed by atoms with E-state index in [1.165, 1.54) is 87.8 Å². The summed E-state index contributed by atoms with van der Waals surface area (Å²) in [5, 5.41) is 36.3. The van der Waals surface area contributed by atoms with Crippen LogP contribution in [0, 0.1) is 13.8 Å². The molecule has 0 aliphatic rings. The molecule has 8 aromatic rings. The van der Waals surface area contributed by atoms with Gasteiger partial charge in [-0.15, -0.1) is 20.4 Å². The summed E-state index contributed by atoms with van der Waals surface area (Å²) in [6.07, 6.45) is -1.46. The van der Waals surface area contributed by atoms with Crippen LogP contribution in [-0.2, 0) is 50.9 Å². The molecule has 22 nitrogen and oxygen atoms in total. The van der Waals surface area contributed by atoms with Crippen LogP contribution in [0.3, 0.4) is 0 Å². The molecular weight excluding hydrogens is 1160 g/mol. The van der Waals surface area contributed by atoms with Crippen molar-refractivity contribution >= 4 is 62.6 Å². The van der Waals surface area contributed by atoms with Crippen molar-refractivity contribution in [3.05, 3.63) is 141 Å². The summed E-state index contributed by atoms with van der Waals surface area (Å²) >= 11 is 11.9. The van der Waals surface area contributed by atoms with Crippen LogP contribution < -0.4 is 18.9 Å². The minimum absolute atomic E-state index is 0.00894. The largest absolute Gasteiger partial charge is 0.494 e. The Morgan fingerprint density at radius 3 is 1.11 bits per heavy atom. The van der Waals surface area contributed by atoms with Crippen molar-refractivity contribution in [3.8, 4) is 57.5 Å². The fourth-order valence-corrected chi connectivity index (χ4v) is 13.6. The Bertz CT molecular complexity index is 3740. The van der Waals surface area contributed by atoms with Gasteiger partial charge in [-0.3, -0.25) is 9.13 Å². The molecule has 0 aliphatic carbocycles. The normalized spacial score (nSPS) is 13.7. The van der Waals surface area contributed by atoms with E-state index in [2.05, 4.69) is 20.4 Å². The minimum Gasteiger partial charge on any atom is -0.494 e. The molecule has 2 N–H and O–H groups in total. The van der Waals surface area contributed by atoms with Crippen molar-refractivity contribution < 1.29 is 71.7 Å². The number of aryl methyl sites for hydroxylation is 2. The Labute approximate surface area is 472 Å². The Morgan fingerprint density at radius 1 is 0.512 bits per heavy atom. The molecular formula is C52H56Cl2N6O16S4. The predicted molar refractivity (Wildman–Crippen MR) is 297 cm³/mol. The maximum atomic E-state index is 13.7. The molecule has 0 aliphatic heterocycles. The summed E-state index contributed by atoms with van der Waals surface area (Å²) in [5.74, 6) is 2.34. The summed E-state index contributed by atoms with van der Waals surface area (Å²) in [5.41, 5.74) is 0.527. The van der Waals surface area contributed by atoms with E-state index in [4.69, 9.17) is 51.0 Å².